The van der Waals surface area contributed by atoms with Gasteiger partial charge in [-0.25, -0.2) is 8.42 Å². The summed E-state index contributed by atoms with van der Waals surface area (Å²) < 4.78 is 89.7. The average Bonchev–Trinajstić information content (AvgIpc) is 2.56. The van der Waals surface area contributed by atoms with Crippen molar-refractivity contribution in [3.05, 3.63) is 53.6 Å². The van der Waals surface area contributed by atoms with E-state index in [-0.39, 0.29) is 11.3 Å². The van der Waals surface area contributed by atoms with E-state index in [4.69, 9.17) is 5.41 Å². The van der Waals surface area contributed by atoms with E-state index in [9.17, 15) is 27.8 Å². The topological polar surface area (TPSA) is 82.0 Å². The smallest absolute Gasteiger partial charge is 0.310 e. The van der Waals surface area contributed by atoms with Crippen LogP contribution < -0.4 is 10.0 Å². The quantitative estimate of drug-likeness (QED) is 0.322. The van der Waals surface area contributed by atoms with Gasteiger partial charge in [-0.15, -0.1) is 0 Å². The maximum atomic E-state index is 12.9. The summed E-state index contributed by atoms with van der Waals surface area (Å²) >= 11 is 0. The molecule has 29 heavy (non-hydrogen) atoms. The number of rotatable bonds is 8. The molecular weight excluding hydrogens is 437 g/mol. The summed E-state index contributed by atoms with van der Waals surface area (Å²) in [7, 11) is -13.3. The third-order valence-electron chi connectivity index (χ3n) is 4.01. The summed E-state index contributed by atoms with van der Waals surface area (Å²) in [4.78, 5) is -1.97. The van der Waals surface area contributed by atoms with E-state index in [0.717, 1.165) is 24.6 Å². The Kier molecular flexibility index (Phi) is 5.44. The van der Waals surface area contributed by atoms with Crippen molar-refractivity contribution >= 4 is 37.8 Å². The molecule has 2 rings (SSSR count). The molecule has 0 saturated carbocycles. The first-order chi connectivity index (χ1) is 13.0. The number of hydrogen-bond acceptors (Lipinski definition) is 4. The summed E-state index contributed by atoms with van der Waals surface area (Å²) in [5, 5.41) is 10.6. The average molecular weight is 457 g/mol. The highest BCUT2D eigenvalue weighted by Gasteiger charge is 2.65. The van der Waals surface area contributed by atoms with Gasteiger partial charge in [0.1, 0.15) is 4.90 Å². The third kappa shape index (κ3) is 6.07. The predicted molar refractivity (Wildman–Crippen MR) is 107 cm³/mol. The standard InChI is InChI=1S/C17H20F5N3O2S2/c1-3-15(12-7-9-13(10-8-12)29(18,19,20,21)22)24-16-5-4-6-17(14(16)11-23)25-28(2,26)27/h4-11,15,23-25H,3H2,1-2H3. The van der Waals surface area contributed by atoms with Crippen molar-refractivity contribution < 1.29 is 27.8 Å². The van der Waals surface area contributed by atoms with Gasteiger partial charge in [-0.2, -0.15) is 0 Å². The van der Waals surface area contributed by atoms with Crippen molar-refractivity contribution in [1.29, 1.82) is 5.41 Å². The van der Waals surface area contributed by atoms with E-state index in [1.807, 2.05) is 0 Å². The van der Waals surface area contributed by atoms with Crippen LogP contribution in [0.5, 0.6) is 0 Å². The van der Waals surface area contributed by atoms with Gasteiger partial charge < -0.3 is 10.7 Å². The van der Waals surface area contributed by atoms with Gasteiger partial charge in [-0.1, -0.05) is 44.6 Å². The lowest BCUT2D eigenvalue weighted by Gasteiger charge is -2.40. The van der Waals surface area contributed by atoms with Gasteiger partial charge in [-0.3, -0.25) is 4.72 Å². The zero-order valence-corrected chi connectivity index (χ0v) is 17.1. The van der Waals surface area contributed by atoms with Gasteiger partial charge in [0, 0.05) is 17.5 Å². The van der Waals surface area contributed by atoms with Crippen molar-refractivity contribution in [3.63, 3.8) is 0 Å². The molecule has 0 bridgehead atoms. The fraction of sp³-hybridized carbons (Fsp3) is 0.235. The first-order valence-electron chi connectivity index (χ1n) is 8.26. The minimum absolute atomic E-state index is 0.151. The fourth-order valence-corrected chi connectivity index (χ4v) is 3.93. The van der Waals surface area contributed by atoms with Crippen molar-refractivity contribution in [2.45, 2.75) is 24.3 Å². The molecule has 0 aliphatic heterocycles. The Morgan fingerprint density at radius 2 is 1.59 bits per heavy atom. The third-order valence-corrected chi connectivity index (χ3v) is 5.77. The molecule has 1 atom stereocenters. The molecule has 5 nitrogen and oxygen atoms in total. The summed E-state index contributed by atoms with van der Waals surface area (Å²) in [6.07, 6.45) is 2.27. The zero-order valence-electron chi connectivity index (χ0n) is 15.4. The van der Waals surface area contributed by atoms with Crippen LogP contribution in [-0.2, 0) is 10.0 Å². The molecule has 12 heteroatoms. The Labute approximate surface area is 165 Å². The normalized spacial score (nSPS) is 15.7. The zero-order chi connectivity index (χ0) is 22.2. The van der Waals surface area contributed by atoms with Crippen molar-refractivity contribution in [2.24, 2.45) is 0 Å². The monoisotopic (exact) mass is 457 g/mol. The first-order valence-corrected chi connectivity index (χ1v) is 12.1. The number of nitrogens with one attached hydrogen (secondary N) is 3. The first kappa shape index (κ1) is 22.9. The Bertz CT molecular complexity index is 1020. The number of sulfonamides is 1. The van der Waals surface area contributed by atoms with Crippen LogP contribution in [0, 0.1) is 5.41 Å². The SMILES string of the molecule is CCC(Nc1cccc(NS(C)(=O)=O)c1C=N)c1ccc(S(F)(F)(F)(F)F)cc1. The van der Waals surface area contributed by atoms with Crippen LogP contribution >= 0.6 is 10.2 Å². The molecule has 0 aliphatic rings. The van der Waals surface area contributed by atoms with Crippen LogP contribution in [0.1, 0.15) is 30.5 Å². The second kappa shape index (κ2) is 6.87. The Morgan fingerprint density at radius 1 is 1.03 bits per heavy atom. The molecule has 0 aliphatic carbocycles. The molecule has 2 aromatic rings. The lowest BCUT2D eigenvalue weighted by atomic mass is 10.0. The number of halogens is 5. The van der Waals surface area contributed by atoms with Crippen LogP contribution in [-0.4, -0.2) is 20.9 Å². The van der Waals surface area contributed by atoms with Gasteiger partial charge in [0.15, 0.2) is 0 Å². The van der Waals surface area contributed by atoms with Crippen LogP contribution in [0.3, 0.4) is 0 Å². The van der Waals surface area contributed by atoms with E-state index in [1.54, 1.807) is 13.0 Å². The lowest BCUT2D eigenvalue weighted by molar-refractivity contribution is 0.364. The molecule has 1 unspecified atom stereocenters. The van der Waals surface area contributed by atoms with Gasteiger partial charge in [0.25, 0.3) is 0 Å². The molecule has 0 amide bonds. The van der Waals surface area contributed by atoms with Crippen molar-refractivity contribution in [2.75, 3.05) is 16.3 Å². The second-order valence-corrected chi connectivity index (χ2v) is 10.6. The highest BCUT2D eigenvalue weighted by molar-refractivity contribution is 8.45. The molecule has 0 aromatic heterocycles. The minimum Gasteiger partial charge on any atom is -0.378 e. The Balaban J connectivity index is 2.38. The van der Waals surface area contributed by atoms with E-state index in [1.165, 1.54) is 12.1 Å². The van der Waals surface area contributed by atoms with Crippen LogP contribution in [0.15, 0.2) is 47.4 Å². The predicted octanol–water partition coefficient (Wildman–Crippen LogP) is 6.28. The van der Waals surface area contributed by atoms with E-state index in [2.05, 4.69) is 10.0 Å². The summed E-state index contributed by atoms with van der Waals surface area (Å²) in [6, 6.07) is 6.63. The maximum Gasteiger partial charge on any atom is 0.310 e. The molecule has 3 N–H and O–H groups in total. The molecule has 0 radical (unpaired) electrons. The molecule has 0 fully saturated rings. The molecule has 0 heterocycles. The van der Waals surface area contributed by atoms with Crippen LogP contribution in [0.25, 0.3) is 0 Å². The largest absolute Gasteiger partial charge is 0.378 e. The van der Waals surface area contributed by atoms with Crippen LogP contribution in [0.2, 0.25) is 0 Å². The Morgan fingerprint density at radius 3 is 2.03 bits per heavy atom. The summed E-state index contributed by atoms with van der Waals surface area (Å²) in [5.41, 5.74) is 1.06. The molecule has 162 valence electrons. The van der Waals surface area contributed by atoms with E-state index >= 15 is 0 Å². The van der Waals surface area contributed by atoms with Crippen molar-refractivity contribution in [3.8, 4) is 0 Å². The van der Waals surface area contributed by atoms with Gasteiger partial charge in [-0.05, 0) is 36.2 Å². The maximum absolute atomic E-state index is 12.9. The van der Waals surface area contributed by atoms with E-state index in [0.29, 0.717) is 29.8 Å². The number of anilines is 2. The minimum atomic E-state index is -9.75. The van der Waals surface area contributed by atoms with Gasteiger partial charge in [0.05, 0.1) is 18.0 Å². The van der Waals surface area contributed by atoms with Gasteiger partial charge in [0.2, 0.25) is 10.0 Å². The van der Waals surface area contributed by atoms with E-state index < -0.39 is 31.2 Å². The van der Waals surface area contributed by atoms with Crippen LogP contribution in [0.4, 0.5) is 30.8 Å². The highest BCUT2D eigenvalue weighted by atomic mass is 32.5. The highest BCUT2D eigenvalue weighted by Crippen LogP contribution is 3.02. The fourth-order valence-electron chi connectivity index (χ4n) is 2.70. The molecule has 2 aromatic carbocycles. The summed E-state index contributed by atoms with van der Waals surface area (Å²) in [6.45, 7) is 1.73. The number of benzene rings is 2. The van der Waals surface area contributed by atoms with Crippen molar-refractivity contribution in [1.82, 2.24) is 0 Å². The lowest BCUT2D eigenvalue weighted by Crippen LogP contribution is -2.15. The summed E-state index contributed by atoms with van der Waals surface area (Å²) in [5.74, 6) is 0. The molecule has 0 spiro atoms. The van der Waals surface area contributed by atoms with Gasteiger partial charge >= 0.3 is 10.2 Å². The Hall–Kier alpha value is -2.34. The molecule has 0 saturated heterocycles. The number of hydrogen-bond donors (Lipinski definition) is 3. The molecular formula is C17H20F5N3O2S2. The second-order valence-electron chi connectivity index (χ2n) is 6.43.